The monoisotopic (exact) mass is 275 g/mol. The summed E-state index contributed by atoms with van der Waals surface area (Å²) in [5, 5.41) is 10.8. The van der Waals surface area contributed by atoms with Crippen molar-refractivity contribution in [2.45, 2.75) is 32.8 Å². The number of hydrogen-bond donors (Lipinski definition) is 2. The molecule has 0 aliphatic heterocycles. The number of rotatable bonds is 5. The first-order valence-corrected chi connectivity index (χ1v) is 6.82. The van der Waals surface area contributed by atoms with E-state index in [2.05, 4.69) is 9.97 Å². The van der Waals surface area contributed by atoms with Crippen molar-refractivity contribution in [1.29, 1.82) is 0 Å². The third-order valence-electron chi connectivity index (χ3n) is 3.19. The summed E-state index contributed by atoms with van der Waals surface area (Å²) in [6.07, 6.45) is 3.86. The lowest BCUT2D eigenvalue weighted by Crippen LogP contribution is -2.42. The largest absolute Gasteiger partial charge is 0.389 e. The smallest absolute Gasteiger partial charge is 0.227 e. The molecule has 0 bridgehead atoms. The predicted octanol–water partition coefficient (Wildman–Crippen LogP) is 1.72. The number of carbonyl (C=O) groups excluding carboxylic acids is 1. The summed E-state index contributed by atoms with van der Waals surface area (Å²) in [6.45, 7) is 6.25. The molecule has 0 unspecified atom stereocenters. The molecule has 2 aromatic heterocycles. The van der Waals surface area contributed by atoms with E-state index in [1.54, 1.807) is 24.9 Å². The Morgan fingerprint density at radius 3 is 2.90 bits per heavy atom. The highest BCUT2D eigenvalue weighted by Gasteiger charge is 2.22. The molecule has 2 heterocycles. The van der Waals surface area contributed by atoms with Crippen molar-refractivity contribution in [2.24, 2.45) is 0 Å². The van der Waals surface area contributed by atoms with Gasteiger partial charge in [-0.05, 0) is 38.5 Å². The summed E-state index contributed by atoms with van der Waals surface area (Å²) in [5.74, 6) is 0.0133. The van der Waals surface area contributed by atoms with Crippen LogP contribution in [-0.4, -0.2) is 44.6 Å². The number of aromatic nitrogens is 2. The van der Waals surface area contributed by atoms with Gasteiger partial charge in [0, 0.05) is 30.9 Å². The second-order valence-corrected chi connectivity index (χ2v) is 5.61. The van der Waals surface area contributed by atoms with Gasteiger partial charge in [-0.1, -0.05) is 0 Å². The Kier molecular flexibility index (Phi) is 4.09. The van der Waals surface area contributed by atoms with E-state index in [4.69, 9.17) is 0 Å². The molecule has 20 heavy (non-hydrogen) atoms. The third kappa shape index (κ3) is 3.36. The van der Waals surface area contributed by atoms with Crippen molar-refractivity contribution >= 4 is 16.9 Å². The molecule has 0 spiro atoms. The molecule has 0 aromatic carbocycles. The molecule has 0 aliphatic carbocycles. The average molecular weight is 275 g/mol. The average Bonchev–Trinajstić information content (AvgIpc) is 2.78. The van der Waals surface area contributed by atoms with E-state index >= 15 is 0 Å². The topological polar surface area (TPSA) is 69.2 Å². The Bertz CT molecular complexity index is 598. The number of aromatic amines is 1. The van der Waals surface area contributed by atoms with Gasteiger partial charge < -0.3 is 15.0 Å². The number of hydrogen-bond acceptors (Lipinski definition) is 3. The van der Waals surface area contributed by atoms with Gasteiger partial charge in [-0.2, -0.15) is 0 Å². The standard InChI is InChI=1S/C15H21N3O2/c1-4-18(10-15(2,3)20)13(19)8-11-9-17-14-12(11)6-5-7-16-14/h5-7,9,20H,4,8,10H2,1-3H3,(H,16,17). The highest BCUT2D eigenvalue weighted by atomic mass is 16.3. The van der Waals surface area contributed by atoms with E-state index in [0.717, 1.165) is 16.6 Å². The zero-order valence-electron chi connectivity index (χ0n) is 12.2. The van der Waals surface area contributed by atoms with Gasteiger partial charge in [0.2, 0.25) is 5.91 Å². The van der Waals surface area contributed by atoms with Gasteiger partial charge in [0.1, 0.15) is 5.65 Å². The lowest BCUT2D eigenvalue weighted by molar-refractivity contribution is -0.133. The summed E-state index contributed by atoms with van der Waals surface area (Å²) >= 11 is 0. The van der Waals surface area contributed by atoms with Crippen LogP contribution in [0.4, 0.5) is 0 Å². The van der Waals surface area contributed by atoms with E-state index in [-0.39, 0.29) is 5.91 Å². The molecular formula is C15H21N3O2. The number of aliphatic hydroxyl groups is 1. The van der Waals surface area contributed by atoms with Gasteiger partial charge in [0.05, 0.1) is 12.0 Å². The van der Waals surface area contributed by atoms with Crippen LogP contribution in [0.1, 0.15) is 26.3 Å². The molecule has 0 saturated heterocycles. The molecule has 2 N–H and O–H groups in total. The predicted molar refractivity (Wildman–Crippen MR) is 78.3 cm³/mol. The van der Waals surface area contributed by atoms with Crippen LogP contribution in [0.2, 0.25) is 0 Å². The van der Waals surface area contributed by atoms with Crippen LogP contribution in [0.5, 0.6) is 0 Å². The summed E-state index contributed by atoms with van der Waals surface area (Å²) in [4.78, 5) is 21.3. The second kappa shape index (κ2) is 5.63. The van der Waals surface area contributed by atoms with Crippen molar-refractivity contribution in [2.75, 3.05) is 13.1 Å². The first kappa shape index (κ1) is 14.5. The van der Waals surface area contributed by atoms with Crippen LogP contribution >= 0.6 is 0 Å². The molecule has 5 heteroatoms. The molecule has 0 atom stereocenters. The van der Waals surface area contributed by atoms with Gasteiger partial charge in [0.25, 0.3) is 0 Å². The zero-order valence-corrected chi connectivity index (χ0v) is 12.2. The Balaban J connectivity index is 2.14. The number of nitrogens with zero attached hydrogens (tertiary/aromatic N) is 2. The fourth-order valence-electron chi connectivity index (χ4n) is 2.28. The Labute approximate surface area is 118 Å². The van der Waals surface area contributed by atoms with Gasteiger partial charge in [0.15, 0.2) is 0 Å². The fourth-order valence-corrected chi connectivity index (χ4v) is 2.28. The minimum Gasteiger partial charge on any atom is -0.389 e. The summed E-state index contributed by atoms with van der Waals surface area (Å²) < 4.78 is 0. The van der Waals surface area contributed by atoms with Crippen molar-refractivity contribution in [3.8, 4) is 0 Å². The maximum absolute atomic E-state index is 12.3. The van der Waals surface area contributed by atoms with Crippen LogP contribution in [-0.2, 0) is 11.2 Å². The highest BCUT2D eigenvalue weighted by molar-refractivity contribution is 5.87. The van der Waals surface area contributed by atoms with E-state index in [9.17, 15) is 9.90 Å². The molecule has 0 aliphatic rings. The van der Waals surface area contributed by atoms with Crippen LogP contribution in [0.15, 0.2) is 24.5 Å². The van der Waals surface area contributed by atoms with Gasteiger partial charge in [-0.25, -0.2) is 4.98 Å². The minimum atomic E-state index is -0.882. The van der Waals surface area contributed by atoms with Crippen LogP contribution in [0, 0.1) is 0 Å². The van der Waals surface area contributed by atoms with E-state index in [1.807, 2.05) is 25.3 Å². The molecule has 0 saturated carbocycles. The first-order valence-electron chi connectivity index (χ1n) is 6.82. The summed E-state index contributed by atoms with van der Waals surface area (Å²) in [5.41, 5.74) is 0.848. The van der Waals surface area contributed by atoms with Crippen LogP contribution in [0.25, 0.3) is 11.0 Å². The summed E-state index contributed by atoms with van der Waals surface area (Å²) in [6, 6.07) is 3.81. The van der Waals surface area contributed by atoms with E-state index in [0.29, 0.717) is 19.5 Å². The normalized spacial score (nSPS) is 11.8. The quantitative estimate of drug-likeness (QED) is 0.873. The highest BCUT2D eigenvalue weighted by Crippen LogP contribution is 2.17. The second-order valence-electron chi connectivity index (χ2n) is 5.61. The van der Waals surface area contributed by atoms with Crippen molar-refractivity contribution in [3.05, 3.63) is 30.1 Å². The number of likely N-dealkylation sites (N-methyl/N-ethyl adjacent to an activating group) is 1. The molecule has 1 amide bonds. The molecular weight excluding hydrogens is 254 g/mol. The molecule has 2 rings (SSSR count). The number of H-pyrrole nitrogens is 1. The maximum Gasteiger partial charge on any atom is 0.227 e. The summed E-state index contributed by atoms with van der Waals surface area (Å²) in [7, 11) is 0. The van der Waals surface area contributed by atoms with Gasteiger partial charge in [-0.15, -0.1) is 0 Å². The van der Waals surface area contributed by atoms with Crippen LogP contribution in [0.3, 0.4) is 0 Å². The fraction of sp³-hybridized carbons (Fsp3) is 0.467. The van der Waals surface area contributed by atoms with Crippen LogP contribution < -0.4 is 0 Å². The van der Waals surface area contributed by atoms with Crippen molar-refractivity contribution in [1.82, 2.24) is 14.9 Å². The first-order chi connectivity index (χ1) is 9.40. The van der Waals surface area contributed by atoms with Gasteiger partial charge in [-0.3, -0.25) is 4.79 Å². The lowest BCUT2D eigenvalue weighted by atomic mass is 10.1. The molecule has 108 valence electrons. The van der Waals surface area contributed by atoms with E-state index < -0.39 is 5.60 Å². The number of amides is 1. The minimum absolute atomic E-state index is 0.0133. The van der Waals surface area contributed by atoms with Crippen molar-refractivity contribution < 1.29 is 9.90 Å². The third-order valence-corrected chi connectivity index (χ3v) is 3.19. The number of nitrogens with one attached hydrogen (secondary N) is 1. The zero-order chi connectivity index (χ0) is 14.8. The Morgan fingerprint density at radius 1 is 1.50 bits per heavy atom. The molecule has 2 aromatic rings. The number of pyridine rings is 1. The molecule has 5 nitrogen and oxygen atoms in total. The number of fused-ring (bicyclic) bond motifs is 1. The Morgan fingerprint density at radius 2 is 2.25 bits per heavy atom. The van der Waals surface area contributed by atoms with E-state index in [1.165, 1.54) is 0 Å². The number of carbonyl (C=O) groups is 1. The lowest BCUT2D eigenvalue weighted by Gasteiger charge is -2.28. The Hall–Kier alpha value is -1.88. The molecule has 0 fully saturated rings. The SMILES string of the molecule is CCN(CC(C)(C)O)C(=O)Cc1c[nH]c2ncccc12. The van der Waals surface area contributed by atoms with Gasteiger partial charge >= 0.3 is 0 Å². The molecule has 0 radical (unpaired) electrons. The maximum atomic E-state index is 12.3. The van der Waals surface area contributed by atoms with Crippen molar-refractivity contribution in [3.63, 3.8) is 0 Å².